The van der Waals surface area contributed by atoms with Crippen molar-refractivity contribution in [2.24, 2.45) is 0 Å². The van der Waals surface area contributed by atoms with Crippen LogP contribution in [0.2, 0.25) is 0 Å². The number of pyridine rings is 1. The van der Waals surface area contributed by atoms with Gasteiger partial charge in [0, 0.05) is 45.4 Å². The molecule has 0 bridgehead atoms. The van der Waals surface area contributed by atoms with Crippen LogP contribution >= 0.6 is 11.3 Å². The average molecular weight is 489 g/mol. The molecule has 0 atom stereocenters. The van der Waals surface area contributed by atoms with Gasteiger partial charge in [-0.3, -0.25) is 4.79 Å². The van der Waals surface area contributed by atoms with Crippen molar-refractivity contribution in [3.05, 3.63) is 42.0 Å². The molecule has 174 valence electrons. The van der Waals surface area contributed by atoms with Crippen LogP contribution in [0.1, 0.15) is 18.3 Å². The molecule has 2 N–H and O–H groups in total. The summed E-state index contributed by atoms with van der Waals surface area (Å²) in [6, 6.07) is 5.68. The third-order valence-corrected chi connectivity index (χ3v) is 8.17. The number of hydrogen-bond donors (Lipinski definition) is 2. The van der Waals surface area contributed by atoms with E-state index in [0.29, 0.717) is 43.6 Å². The molecule has 4 heterocycles. The predicted molar refractivity (Wildman–Crippen MR) is 126 cm³/mol. The maximum atomic E-state index is 13.0. The van der Waals surface area contributed by atoms with Gasteiger partial charge in [0.05, 0.1) is 6.20 Å². The van der Waals surface area contributed by atoms with Crippen LogP contribution in [0.15, 0.2) is 34.8 Å². The topological polar surface area (TPSA) is 133 Å². The molecule has 1 fully saturated rings. The van der Waals surface area contributed by atoms with Crippen LogP contribution in [0.4, 0.5) is 22.6 Å². The summed E-state index contributed by atoms with van der Waals surface area (Å²) in [4.78, 5) is 30.5. The Morgan fingerprint density at radius 2 is 1.82 bits per heavy atom. The van der Waals surface area contributed by atoms with Crippen molar-refractivity contribution in [1.82, 2.24) is 24.2 Å². The minimum Gasteiger partial charge on any atom is -0.354 e. The lowest BCUT2D eigenvalue weighted by Gasteiger charge is -2.34. The first-order valence-corrected chi connectivity index (χ1v) is 12.5. The molecule has 0 aromatic carbocycles. The van der Waals surface area contributed by atoms with Crippen LogP contribution in [-0.2, 0) is 14.8 Å². The number of carbonyl (C=O) groups is 1. The second-order valence-electron chi connectivity index (χ2n) is 7.56. The van der Waals surface area contributed by atoms with Gasteiger partial charge < -0.3 is 15.5 Å². The van der Waals surface area contributed by atoms with Crippen molar-refractivity contribution < 1.29 is 13.2 Å². The molecule has 0 aliphatic carbocycles. The van der Waals surface area contributed by atoms with Gasteiger partial charge in [0.2, 0.25) is 5.91 Å². The summed E-state index contributed by atoms with van der Waals surface area (Å²) in [5, 5.41) is 5.98. The Bertz CT molecular complexity index is 1270. The summed E-state index contributed by atoms with van der Waals surface area (Å²) in [7, 11) is -3.69. The zero-order chi connectivity index (χ0) is 23.6. The van der Waals surface area contributed by atoms with E-state index >= 15 is 0 Å². The van der Waals surface area contributed by atoms with Crippen LogP contribution in [0, 0.1) is 13.8 Å². The minimum absolute atomic E-state index is 0.106. The van der Waals surface area contributed by atoms with Crippen LogP contribution in [0.5, 0.6) is 0 Å². The molecular weight excluding hydrogens is 464 g/mol. The standard InChI is InChI=1S/C20H24N8O3S2/c1-13-4-5-21-16(10-13)26-17-11-18(24-14(2)23-17)27-6-8-28(9-7-27)33(30,31)19-12-22-20(32-19)25-15(3)29/h4-5,10-12H,6-9H2,1-3H3,(H,22,25,29)(H,21,23,24,26). The van der Waals surface area contributed by atoms with Crippen molar-refractivity contribution in [2.75, 3.05) is 41.7 Å². The summed E-state index contributed by atoms with van der Waals surface area (Å²) in [6.45, 7) is 6.73. The van der Waals surface area contributed by atoms with E-state index in [1.807, 2.05) is 36.9 Å². The van der Waals surface area contributed by atoms with E-state index in [4.69, 9.17) is 0 Å². The van der Waals surface area contributed by atoms with Gasteiger partial charge in [-0.05, 0) is 31.5 Å². The van der Waals surface area contributed by atoms with Gasteiger partial charge >= 0.3 is 0 Å². The maximum absolute atomic E-state index is 13.0. The molecule has 4 rings (SSSR count). The van der Waals surface area contributed by atoms with E-state index in [0.717, 1.165) is 22.7 Å². The van der Waals surface area contributed by atoms with Crippen LogP contribution in [0.3, 0.4) is 0 Å². The number of sulfonamides is 1. The van der Waals surface area contributed by atoms with Crippen molar-refractivity contribution in [2.45, 2.75) is 25.0 Å². The number of amides is 1. The van der Waals surface area contributed by atoms with Gasteiger partial charge in [0.15, 0.2) is 9.34 Å². The number of anilines is 4. The SMILES string of the molecule is CC(=O)Nc1ncc(S(=O)(=O)N2CCN(c3cc(Nc4cc(C)ccn4)nc(C)n3)CC2)s1. The molecule has 1 saturated heterocycles. The van der Waals surface area contributed by atoms with Crippen molar-refractivity contribution >= 4 is 49.9 Å². The first kappa shape index (κ1) is 23.0. The van der Waals surface area contributed by atoms with Crippen LogP contribution < -0.4 is 15.5 Å². The fourth-order valence-corrected chi connectivity index (χ4v) is 6.04. The van der Waals surface area contributed by atoms with Gasteiger partial charge in [0.1, 0.15) is 23.3 Å². The first-order valence-electron chi connectivity index (χ1n) is 10.2. The number of rotatable bonds is 6. The number of thiazole rings is 1. The Hall–Kier alpha value is -3.16. The monoisotopic (exact) mass is 488 g/mol. The molecule has 3 aromatic heterocycles. The normalized spacial score (nSPS) is 14.8. The van der Waals surface area contributed by atoms with E-state index in [1.54, 1.807) is 6.20 Å². The Morgan fingerprint density at radius 3 is 2.52 bits per heavy atom. The second-order valence-corrected chi connectivity index (χ2v) is 10.8. The maximum Gasteiger partial charge on any atom is 0.254 e. The van der Waals surface area contributed by atoms with E-state index in [1.165, 1.54) is 17.4 Å². The summed E-state index contributed by atoms with van der Waals surface area (Å²) in [6.07, 6.45) is 3.01. The number of nitrogens with zero attached hydrogens (tertiary/aromatic N) is 6. The fourth-order valence-electron chi connectivity index (χ4n) is 3.39. The van der Waals surface area contributed by atoms with Gasteiger partial charge in [-0.2, -0.15) is 4.31 Å². The molecule has 1 aliphatic heterocycles. The van der Waals surface area contributed by atoms with E-state index in [-0.39, 0.29) is 15.2 Å². The lowest BCUT2D eigenvalue weighted by atomic mass is 10.3. The molecule has 0 saturated carbocycles. The van der Waals surface area contributed by atoms with Crippen LogP contribution in [0.25, 0.3) is 0 Å². The number of aromatic nitrogens is 4. The van der Waals surface area contributed by atoms with E-state index < -0.39 is 10.0 Å². The quantitative estimate of drug-likeness (QED) is 0.535. The molecular formula is C20H24N8O3S2. The lowest BCUT2D eigenvalue weighted by molar-refractivity contribution is -0.114. The summed E-state index contributed by atoms with van der Waals surface area (Å²) in [5.74, 6) is 2.35. The third kappa shape index (κ3) is 5.43. The largest absolute Gasteiger partial charge is 0.354 e. The molecule has 33 heavy (non-hydrogen) atoms. The summed E-state index contributed by atoms with van der Waals surface area (Å²) in [5.41, 5.74) is 1.08. The van der Waals surface area contributed by atoms with Gasteiger partial charge in [-0.15, -0.1) is 0 Å². The Labute approximate surface area is 196 Å². The van der Waals surface area contributed by atoms with E-state index in [9.17, 15) is 13.2 Å². The Kier molecular flexibility index (Phi) is 6.54. The number of piperazine rings is 1. The Balaban J connectivity index is 1.44. The third-order valence-electron chi connectivity index (χ3n) is 4.92. The van der Waals surface area contributed by atoms with Gasteiger partial charge in [-0.1, -0.05) is 11.3 Å². The second kappa shape index (κ2) is 9.37. The summed E-state index contributed by atoms with van der Waals surface area (Å²) < 4.78 is 27.5. The smallest absolute Gasteiger partial charge is 0.254 e. The van der Waals surface area contributed by atoms with E-state index in [2.05, 4.69) is 30.6 Å². The molecule has 1 aliphatic rings. The molecule has 13 heteroatoms. The summed E-state index contributed by atoms with van der Waals surface area (Å²) >= 11 is 0.944. The minimum atomic E-state index is -3.69. The fraction of sp³-hybridized carbons (Fsp3) is 0.350. The number of aryl methyl sites for hydroxylation is 2. The Morgan fingerprint density at radius 1 is 1.06 bits per heavy atom. The lowest BCUT2D eigenvalue weighted by Crippen LogP contribution is -2.48. The average Bonchev–Trinajstić information content (AvgIpc) is 3.22. The van der Waals surface area contributed by atoms with Crippen molar-refractivity contribution in [3.8, 4) is 0 Å². The molecule has 0 spiro atoms. The zero-order valence-electron chi connectivity index (χ0n) is 18.4. The van der Waals surface area contributed by atoms with Gasteiger partial charge in [0.25, 0.3) is 10.0 Å². The molecule has 0 unspecified atom stereocenters. The molecule has 0 radical (unpaired) electrons. The van der Waals surface area contributed by atoms with Crippen LogP contribution in [-0.4, -0.2) is 64.7 Å². The zero-order valence-corrected chi connectivity index (χ0v) is 20.1. The first-order chi connectivity index (χ1) is 15.7. The predicted octanol–water partition coefficient (Wildman–Crippen LogP) is 2.16. The molecule has 1 amide bonds. The molecule has 3 aromatic rings. The highest BCUT2D eigenvalue weighted by molar-refractivity contribution is 7.91. The van der Waals surface area contributed by atoms with Gasteiger partial charge in [-0.25, -0.2) is 28.4 Å². The number of carbonyl (C=O) groups excluding carboxylic acids is 1. The highest BCUT2D eigenvalue weighted by Gasteiger charge is 2.31. The highest BCUT2D eigenvalue weighted by atomic mass is 32.2. The number of nitrogens with one attached hydrogen (secondary N) is 2. The van der Waals surface area contributed by atoms with Crippen molar-refractivity contribution in [1.29, 1.82) is 0 Å². The number of hydrogen-bond acceptors (Lipinski definition) is 10. The van der Waals surface area contributed by atoms with Crippen molar-refractivity contribution in [3.63, 3.8) is 0 Å². The molecule has 11 nitrogen and oxygen atoms in total. The highest BCUT2D eigenvalue weighted by Crippen LogP contribution is 2.27.